The second-order valence-corrected chi connectivity index (χ2v) is 3.86. The molecule has 0 aromatic carbocycles. The van der Waals surface area contributed by atoms with Gasteiger partial charge in [0.05, 0.1) is 5.01 Å². The van der Waals surface area contributed by atoms with Crippen LogP contribution in [0.4, 0.5) is 0 Å². The van der Waals surface area contributed by atoms with Crippen LogP contribution in [0.2, 0.25) is 0 Å². The molecular formula is C9H14N2OS. The van der Waals surface area contributed by atoms with Gasteiger partial charge in [0.25, 0.3) is 0 Å². The molecule has 1 atom stereocenters. The standard InChI is InChI=1S/C9H14N2OS/c1-3-8(12)11-6-7(2)9-10-4-5-13-9/h4-5,7H,3,6H2,1-2H3,(H,11,12). The molecule has 3 nitrogen and oxygen atoms in total. The molecule has 1 N–H and O–H groups in total. The third kappa shape index (κ3) is 3.14. The van der Waals surface area contributed by atoms with Gasteiger partial charge in [0.15, 0.2) is 0 Å². The minimum absolute atomic E-state index is 0.100. The fourth-order valence-electron chi connectivity index (χ4n) is 0.957. The van der Waals surface area contributed by atoms with Crippen molar-refractivity contribution in [3.8, 4) is 0 Å². The molecule has 0 bridgehead atoms. The Kier molecular flexibility index (Phi) is 3.89. The maximum absolute atomic E-state index is 11.0. The van der Waals surface area contributed by atoms with Crippen LogP contribution in [0, 0.1) is 0 Å². The Labute approximate surface area is 82.2 Å². The first-order chi connectivity index (χ1) is 6.24. The van der Waals surface area contributed by atoms with E-state index in [4.69, 9.17) is 0 Å². The van der Waals surface area contributed by atoms with E-state index in [1.807, 2.05) is 12.3 Å². The highest BCUT2D eigenvalue weighted by molar-refractivity contribution is 7.09. The largest absolute Gasteiger partial charge is 0.355 e. The van der Waals surface area contributed by atoms with Crippen molar-refractivity contribution >= 4 is 17.2 Å². The average molecular weight is 198 g/mol. The molecule has 1 rings (SSSR count). The van der Waals surface area contributed by atoms with Gasteiger partial charge in [-0.3, -0.25) is 4.79 Å². The molecule has 0 saturated heterocycles. The molecule has 0 aliphatic carbocycles. The molecule has 0 saturated carbocycles. The number of carbonyl (C=O) groups excluding carboxylic acids is 1. The Morgan fingerprint density at radius 2 is 2.54 bits per heavy atom. The van der Waals surface area contributed by atoms with Crippen LogP contribution in [0.15, 0.2) is 11.6 Å². The van der Waals surface area contributed by atoms with Gasteiger partial charge in [-0.2, -0.15) is 0 Å². The first kappa shape index (κ1) is 10.2. The number of thiazole rings is 1. The van der Waals surface area contributed by atoms with Crippen LogP contribution in [0.1, 0.15) is 31.2 Å². The van der Waals surface area contributed by atoms with Crippen molar-refractivity contribution in [2.24, 2.45) is 0 Å². The highest BCUT2D eigenvalue weighted by atomic mass is 32.1. The van der Waals surface area contributed by atoms with Gasteiger partial charge in [0.1, 0.15) is 0 Å². The molecule has 0 fully saturated rings. The zero-order chi connectivity index (χ0) is 9.68. The molecule has 0 radical (unpaired) electrons. The lowest BCUT2D eigenvalue weighted by Gasteiger charge is -2.08. The van der Waals surface area contributed by atoms with E-state index in [-0.39, 0.29) is 5.91 Å². The summed E-state index contributed by atoms with van der Waals surface area (Å²) in [4.78, 5) is 15.1. The van der Waals surface area contributed by atoms with Gasteiger partial charge >= 0.3 is 0 Å². The van der Waals surface area contributed by atoms with Crippen LogP contribution < -0.4 is 5.32 Å². The highest BCUT2D eigenvalue weighted by Gasteiger charge is 2.08. The van der Waals surface area contributed by atoms with E-state index in [1.165, 1.54) is 0 Å². The Balaban J connectivity index is 2.34. The zero-order valence-electron chi connectivity index (χ0n) is 7.91. The number of nitrogens with one attached hydrogen (secondary N) is 1. The summed E-state index contributed by atoms with van der Waals surface area (Å²) >= 11 is 1.63. The first-order valence-corrected chi connectivity index (χ1v) is 5.28. The van der Waals surface area contributed by atoms with Crippen molar-refractivity contribution in [3.05, 3.63) is 16.6 Å². The van der Waals surface area contributed by atoms with Crippen LogP contribution in [0.3, 0.4) is 0 Å². The summed E-state index contributed by atoms with van der Waals surface area (Å²) < 4.78 is 0. The molecule has 1 amide bonds. The maximum Gasteiger partial charge on any atom is 0.219 e. The minimum Gasteiger partial charge on any atom is -0.355 e. The monoisotopic (exact) mass is 198 g/mol. The molecule has 0 aliphatic heterocycles. The van der Waals surface area contributed by atoms with Gasteiger partial charge in [-0.15, -0.1) is 11.3 Å². The fraction of sp³-hybridized carbons (Fsp3) is 0.556. The molecule has 4 heteroatoms. The van der Waals surface area contributed by atoms with Crippen molar-refractivity contribution in [2.45, 2.75) is 26.2 Å². The summed E-state index contributed by atoms with van der Waals surface area (Å²) in [5.41, 5.74) is 0. The lowest BCUT2D eigenvalue weighted by molar-refractivity contribution is -0.120. The second kappa shape index (κ2) is 4.97. The smallest absolute Gasteiger partial charge is 0.219 e. The Bertz CT molecular complexity index is 259. The summed E-state index contributed by atoms with van der Waals surface area (Å²) in [7, 11) is 0. The van der Waals surface area contributed by atoms with Crippen molar-refractivity contribution < 1.29 is 4.79 Å². The maximum atomic E-state index is 11.0. The van der Waals surface area contributed by atoms with E-state index in [0.717, 1.165) is 5.01 Å². The summed E-state index contributed by atoms with van der Waals surface area (Å²) in [6, 6.07) is 0. The van der Waals surface area contributed by atoms with Gasteiger partial charge in [0, 0.05) is 30.5 Å². The highest BCUT2D eigenvalue weighted by Crippen LogP contribution is 2.16. The van der Waals surface area contributed by atoms with E-state index in [9.17, 15) is 4.79 Å². The topological polar surface area (TPSA) is 42.0 Å². The molecule has 1 aromatic rings. The van der Waals surface area contributed by atoms with Crippen LogP contribution in [0.25, 0.3) is 0 Å². The van der Waals surface area contributed by atoms with Gasteiger partial charge in [0.2, 0.25) is 5.91 Å². The number of hydrogen-bond acceptors (Lipinski definition) is 3. The van der Waals surface area contributed by atoms with Crippen LogP contribution in [0.5, 0.6) is 0 Å². The Morgan fingerprint density at radius 3 is 3.08 bits per heavy atom. The van der Waals surface area contributed by atoms with E-state index in [0.29, 0.717) is 18.9 Å². The first-order valence-electron chi connectivity index (χ1n) is 4.40. The normalized spacial score (nSPS) is 12.5. The summed E-state index contributed by atoms with van der Waals surface area (Å²) in [6.45, 7) is 4.60. The molecule has 1 unspecified atom stereocenters. The lowest BCUT2D eigenvalue weighted by Crippen LogP contribution is -2.26. The fourth-order valence-corrected chi connectivity index (χ4v) is 1.66. The Morgan fingerprint density at radius 1 is 1.77 bits per heavy atom. The number of hydrogen-bond donors (Lipinski definition) is 1. The van der Waals surface area contributed by atoms with E-state index >= 15 is 0 Å². The molecule has 0 aliphatic rings. The van der Waals surface area contributed by atoms with E-state index in [1.54, 1.807) is 17.5 Å². The van der Waals surface area contributed by atoms with Gasteiger partial charge < -0.3 is 5.32 Å². The van der Waals surface area contributed by atoms with Crippen LogP contribution in [-0.2, 0) is 4.79 Å². The second-order valence-electron chi connectivity index (χ2n) is 2.93. The van der Waals surface area contributed by atoms with Crippen LogP contribution in [-0.4, -0.2) is 17.4 Å². The number of amides is 1. The molecular weight excluding hydrogens is 184 g/mol. The number of carbonyl (C=O) groups is 1. The van der Waals surface area contributed by atoms with Gasteiger partial charge in [-0.25, -0.2) is 4.98 Å². The predicted molar refractivity (Wildman–Crippen MR) is 53.8 cm³/mol. The molecule has 72 valence electrons. The van der Waals surface area contributed by atoms with Crippen molar-refractivity contribution in [1.29, 1.82) is 0 Å². The third-order valence-corrected chi connectivity index (χ3v) is 2.81. The van der Waals surface area contributed by atoms with Crippen molar-refractivity contribution in [3.63, 3.8) is 0 Å². The Hall–Kier alpha value is -0.900. The number of aromatic nitrogens is 1. The van der Waals surface area contributed by atoms with Crippen molar-refractivity contribution in [1.82, 2.24) is 10.3 Å². The van der Waals surface area contributed by atoms with Gasteiger partial charge in [-0.05, 0) is 0 Å². The lowest BCUT2D eigenvalue weighted by atomic mass is 10.2. The zero-order valence-corrected chi connectivity index (χ0v) is 8.73. The van der Waals surface area contributed by atoms with Crippen LogP contribution >= 0.6 is 11.3 Å². The molecule has 13 heavy (non-hydrogen) atoms. The third-order valence-electron chi connectivity index (χ3n) is 1.80. The van der Waals surface area contributed by atoms with Crippen molar-refractivity contribution in [2.75, 3.05) is 6.54 Å². The summed E-state index contributed by atoms with van der Waals surface area (Å²) in [6.07, 6.45) is 2.34. The van der Waals surface area contributed by atoms with E-state index in [2.05, 4.69) is 17.2 Å². The molecule has 1 aromatic heterocycles. The SMILES string of the molecule is CCC(=O)NCC(C)c1nccs1. The summed E-state index contributed by atoms with van der Waals surface area (Å²) in [5.74, 6) is 0.416. The average Bonchev–Trinajstić information content (AvgIpc) is 2.66. The number of nitrogens with zero attached hydrogens (tertiary/aromatic N) is 1. The quantitative estimate of drug-likeness (QED) is 0.801. The molecule has 0 spiro atoms. The van der Waals surface area contributed by atoms with E-state index < -0.39 is 0 Å². The number of rotatable bonds is 4. The minimum atomic E-state index is 0.100. The molecule has 1 heterocycles. The predicted octanol–water partition coefficient (Wildman–Crippen LogP) is 1.77. The summed E-state index contributed by atoms with van der Waals surface area (Å²) in [5, 5.41) is 5.88. The van der Waals surface area contributed by atoms with Gasteiger partial charge in [-0.1, -0.05) is 13.8 Å².